The van der Waals surface area contributed by atoms with Gasteiger partial charge in [-0.3, -0.25) is 0 Å². The van der Waals surface area contributed by atoms with Gasteiger partial charge in [-0.1, -0.05) is 5.21 Å². The number of aliphatic hydroxyl groups is 1. The lowest BCUT2D eigenvalue weighted by Crippen LogP contribution is -2.15. The predicted octanol–water partition coefficient (Wildman–Crippen LogP) is 0.105. The van der Waals surface area contributed by atoms with Crippen molar-refractivity contribution in [1.82, 2.24) is 15.0 Å². The summed E-state index contributed by atoms with van der Waals surface area (Å²) < 4.78 is 1.76. The Morgan fingerprint density at radius 3 is 3.40 bits per heavy atom. The molecule has 1 aromatic rings. The molecule has 0 aliphatic carbocycles. The number of aryl methyl sites for hydroxylation is 1. The van der Waals surface area contributed by atoms with E-state index in [0.717, 1.165) is 25.1 Å². The molecule has 2 rings (SSSR count). The Bertz CT molecular complexity index is 233. The third kappa shape index (κ3) is 0.724. The SMILES string of the molecule is OC1CCCn2nncc21. The molecule has 1 aliphatic rings. The Labute approximate surface area is 58.5 Å². The molecule has 1 unspecified atom stereocenters. The highest BCUT2D eigenvalue weighted by Crippen LogP contribution is 2.21. The molecular formula is C6H9N3O. The zero-order valence-electron chi connectivity index (χ0n) is 5.56. The van der Waals surface area contributed by atoms with Gasteiger partial charge in [-0.05, 0) is 12.8 Å². The van der Waals surface area contributed by atoms with Gasteiger partial charge in [0.15, 0.2) is 0 Å². The fraction of sp³-hybridized carbons (Fsp3) is 0.667. The number of aromatic nitrogens is 3. The van der Waals surface area contributed by atoms with Crippen molar-refractivity contribution in [3.63, 3.8) is 0 Å². The summed E-state index contributed by atoms with van der Waals surface area (Å²) in [5.41, 5.74) is 0.853. The molecule has 2 heterocycles. The lowest BCUT2D eigenvalue weighted by atomic mass is 10.1. The van der Waals surface area contributed by atoms with Gasteiger partial charge in [0, 0.05) is 6.54 Å². The molecule has 0 radical (unpaired) electrons. The van der Waals surface area contributed by atoms with Crippen molar-refractivity contribution < 1.29 is 5.11 Å². The topological polar surface area (TPSA) is 50.9 Å². The number of rotatable bonds is 0. The molecule has 4 nitrogen and oxygen atoms in total. The Kier molecular flexibility index (Phi) is 1.20. The van der Waals surface area contributed by atoms with Crippen LogP contribution in [0.5, 0.6) is 0 Å². The molecule has 1 atom stereocenters. The van der Waals surface area contributed by atoms with Crippen molar-refractivity contribution in [2.75, 3.05) is 0 Å². The van der Waals surface area contributed by atoms with Gasteiger partial charge in [0.1, 0.15) is 0 Å². The van der Waals surface area contributed by atoms with E-state index in [0.29, 0.717) is 0 Å². The Hall–Kier alpha value is -0.900. The van der Waals surface area contributed by atoms with Crippen molar-refractivity contribution in [3.8, 4) is 0 Å². The van der Waals surface area contributed by atoms with Crippen LogP contribution < -0.4 is 0 Å². The van der Waals surface area contributed by atoms with Crippen molar-refractivity contribution >= 4 is 0 Å². The van der Waals surface area contributed by atoms with Crippen molar-refractivity contribution in [3.05, 3.63) is 11.9 Å². The van der Waals surface area contributed by atoms with Crippen LogP contribution in [-0.4, -0.2) is 20.1 Å². The van der Waals surface area contributed by atoms with Crippen LogP contribution in [0, 0.1) is 0 Å². The molecule has 0 bridgehead atoms. The maximum Gasteiger partial charge on any atom is 0.0973 e. The van der Waals surface area contributed by atoms with Crippen LogP contribution in [0.2, 0.25) is 0 Å². The third-order valence-corrected chi connectivity index (χ3v) is 1.84. The van der Waals surface area contributed by atoms with E-state index in [4.69, 9.17) is 0 Å². The first-order valence-corrected chi connectivity index (χ1v) is 3.44. The molecule has 0 saturated heterocycles. The quantitative estimate of drug-likeness (QED) is 0.554. The molecule has 54 valence electrons. The second-order valence-electron chi connectivity index (χ2n) is 2.54. The van der Waals surface area contributed by atoms with Crippen LogP contribution in [0.15, 0.2) is 6.20 Å². The predicted molar refractivity (Wildman–Crippen MR) is 34.2 cm³/mol. The number of nitrogens with zero attached hydrogens (tertiary/aromatic N) is 3. The van der Waals surface area contributed by atoms with Crippen LogP contribution in [0.25, 0.3) is 0 Å². The van der Waals surface area contributed by atoms with Gasteiger partial charge >= 0.3 is 0 Å². The van der Waals surface area contributed by atoms with E-state index in [1.54, 1.807) is 10.9 Å². The zero-order chi connectivity index (χ0) is 6.97. The molecular weight excluding hydrogens is 130 g/mol. The maximum atomic E-state index is 9.35. The number of hydrogen-bond donors (Lipinski definition) is 1. The first-order valence-electron chi connectivity index (χ1n) is 3.44. The lowest BCUT2D eigenvalue weighted by Gasteiger charge is -2.16. The van der Waals surface area contributed by atoms with E-state index in [9.17, 15) is 5.11 Å². The second kappa shape index (κ2) is 2.05. The highest BCUT2D eigenvalue weighted by atomic mass is 16.3. The zero-order valence-corrected chi connectivity index (χ0v) is 5.56. The largest absolute Gasteiger partial charge is 0.387 e. The Morgan fingerprint density at radius 2 is 2.60 bits per heavy atom. The van der Waals surface area contributed by atoms with Gasteiger partial charge in [-0.25, -0.2) is 4.68 Å². The molecule has 0 fully saturated rings. The average molecular weight is 139 g/mol. The molecule has 4 heteroatoms. The standard InChI is InChI=1S/C6H9N3O/c10-6-2-1-3-9-5(6)4-7-8-9/h4,6,10H,1-3H2. The number of hydrogen-bond acceptors (Lipinski definition) is 3. The minimum absolute atomic E-state index is 0.344. The van der Waals surface area contributed by atoms with Crippen molar-refractivity contribution in [2.24, 2.45) is 0 Å². The van der Waals surface area contributed by atoms with Gasteiger partial charge in [0.25, 0.3) is 0 Å². The highest BCUT2D eigenvalue weighted by molar-refractivity contribution is 5.00. The summed E-state index contributed by atoms with van der Waals surface area (Å²) in [4.78, 5) is 0. The van der Waals surface area contributed by atoms with E-state index >= 15 is 0 Å². The van der Waals surface area contributed by atoms with E-state index in [-0.39, 0.29) is 6.10 Å². The molecule has 0 spiro atoms. The van der Waals surface area contributed by atoms with Crippen LogP contribution in [-0.2, 0) is 6.54 Å². The highest BCUT2D eigenvalue weighted by Gasteiger charge is 2.18. The molecule has 1 aliphatic heterocycles. The molecule has 0 aromatic carbocycles. The monoisotopic (exact) mass is 139 g/mol. The van der Waals surface area contributed by atoms with Crippen LogP contribution in [0.1, 0.15) is 24.6 Å². The summed E-state index contributed by atoms with van der Waals surface area (Å²) in [6.45, 7) is 0.895. The molecule has 1 aromatic heterocycles. The Balaban J connectivity index is 2.41. The van der Waals surface area contributed by atoms with Gasteiger partial charge in [0.2, 0.25) is 0 Å². The molecule has 10 heavy (non-hydrogen) atoms. The van der Waals surface area contributed by atoms with Gasteiger partial charge in [-0.2, -0.15) is 0 Å². The molecule has 0 saturated carbocycles. The summed E-state index contributed by atoms with van der Waals surface area (Å²) in [5, 5.41) is 16.9. The van der Waals surface area contributed by atoms with E-state index in [1.165, 1.54) is 0 Å². The summed E-state index contributed by atoms with van der Waals surface area (Å²) in [5.74, 6) is 0. The maximum absolute atomic E-state index is 9.35. The normalized spacial score (nSPS) is 24.3. The third-order valence-electron chi connectivity index (χ3n) is 1.84. The Morgan fingerprint density at radius 1 is 1.70 bits per heavy atom. The fourth-order valence-electron chi connectivity index (χ4n) is 1.28. The minimum atomic E-state index is -0.344. The van der Waals surface area contributed by atoms with E-state index in [2.05, 4.69) is 10.3 Å². The first-order chi connectivity index (χ1) is 4.88. The summed E-state index contributed by atoms with van der Waals surface area (Å²) >= 11 is 0. The summed E-state index contributed by atoms with van der Waals surface area (Å²) in [6.07, 6.45) is 3.12. The van der Waals surface area contributed by atoms with E-state index in [1.807, 2.05) is 0 Å². The van der Waals surface area contributed by atoms with Crippen LogP contribution in [0.3, 0.4) is 0 Å². The van der Waals surface area contributed by atoms with Crippen LogP contribution >= 0.6 is 0 Å². The van der Waals surface area contributed by atoms with E-state index < -0.39 is 0 Å². The molecule has 0 amide bonds. The van der Waals surface area contributed by atoms with Gasteiger partial charge in [-0.15, -0.1) is 5.10 Å². The van der Waals surface area contributed by atoms with Gasteiger partial charge < -0.3 is 5.11 Å². The minimum Gasteiger partial charge on any atom is -0.387 e. The van der Waals surface area contributed by atoms with Crippen molar-refractivity contribution in [1.29, 1.82) is 0 Å². The summed E-state index contributed by atoms with van der Waals surface area (Å²) in [6, 6.07) is 0. The van der Waals surface area contributed by atoms with Gasteiger partial charge in [0.05, 0.1) is 18.0 Å². The number of aliphatic hydroxyl groups excluding tert-OH is 1. The van der Waals surface area contributed by atoms with Crippen LogP contribution in [0.4, 0.5) is 0 Å². The van der Waals surface area contributed by atoms with Crippen molar-refractivity contribution in [2.45, 2.75) is 25.5 Å². The average Bonchev–Trinajstić information content (AvgIpc) is 2.36. The lowest BCUT2D eigenvalue weighted by molar-refractivity contribution is 0.135. The second-order valence-corrected chi connectivity index (χ2v) is 2.54. The molecule has 1 N–H and O–H groups in total. The fourth-order valence-corrected chi connectivity index (χ4v) is 1.28. The smallest absolute Gasteiger partial charge is 0.0973 e. The first kappa shape index (κ1) is 5.85. The number of fused-ring (bicyclic) bond motifs is 1. The summed E-state index contributed by atoms with van der Waals surface area (Å²) in [7, 11) is 0.